The van der Waals surface area contributed by atoms with Crippen LogP contribution in [0.3, 0.4) is 0 Å². The summed E-state index contributed by atoms with van der Waals surface area (Å²) < 4.78 is 0. The topological polar surface area (TPSA) is 28.7 Å². The molecule has 2 aromatic rings. The van der Waals surface area contributed by atoms with Crippen LogP contribution in [0.4, 0.5) is 0 Å². The zero-order valence-electron chi connectivity index (χ0n) is 7.44. The van der Waals surface area contributed by atoms with Crippen molar-refractivity contribution in [1.29, 1.82) is 0 Å². The molecule has 0 amide bonds. The third-order valence-electron chi connectivity index (χ3n) is 1.45. The van der Waals surface area contributed by atoms with E-state index in [0.29, 0.717) is 10.2 Å². The first-order valence-electron chi connectivity index (χ1n) is 4.06. The van der Waals surface area contributed by atoms with E-state index in [4.69, 9.17) is 23.2 Å². The highest BCUT2D eigenvalue weighted by Gasteiger charge is 2.01. The molecule has 0 aliphatic rings. The molecule has 0 radical (unpaired) electrons. The van der Waals surface area contributed by atoms with Gasteiger partial charge in [0.2, 0.25) is 0 Å². The largest absolute Gasteiger partial charge is 0.346 e. The van der Waals surface area contributed by atoms with Crippen LogP contribution in [-0.4, -0.2) is 9.97 Å². The van der Waals surface area contributed by atoms with Crippen LogP contribution in [0.25, 0.3) is 11.0 Å². The van der Waals surface area contributed by atoms with Gasteiger partial charge in [0.1, 0.15) is 10.8 Å². The first-order valence-corrected chi connectivity index (χ1v) is 4.82. The summed E-state index contributed by atoms with van der Waals surface area (Å²) in [5.74, 6) is 0. The van der Waals surface area contributed by atoms with Crippen molar-refractivity contribution in [3.8, 4) is 0 Å². The summed E-state index contributed by atoms with van der Waals surface area (Å²) in [5, 5.41) is 1.93. The van der Waals surface area contributed by atoms with Crippen molar-refractivity contribution in [3.05, 3.63) is 28.5 Å². The second-order valence-electron chi connectivity index (χ2n) is 2.17. The molecule has 0 bridgehead atoms. The highest BCUT2D eigenvalue weighted by atomic mass is 35.5. The highest BCUT2D eigenvalue weighted by Crippen LogP contribution is 2.23. The lowest BCUT2D eigenvalue weighted by Crippen LogP contribution is -1.77. The number of fused-ring (bicyclic) bond motifs is 1. The van der Waals surface area contributed by atoms with Crippen LogP contribution >= 0.6 is 23.2 Å². The van der Waals surface area contributed by atoms with Gasteiger partial charge >= 0.3 is 0 Å². The minimum Gasteiger partial charge on any atom is -0.346 e. The SMILES string of the molecule is CC.Clc1cc(Cl)c2cc[nH]c2n1. The van der Waals surface area contributed by atoms with Gasteiger partial charge in [-0.25, -0.2) is 4.98 Å². The number of aromatic nitrogens is 2. The molecule has 0 unspecified atom stereocenters. The number of nitrogens with one attached hydrogen (secondary N) is 1. The average molecular weight is 217 g/mol. The first kappa shape index (κ1) is 10.4. The number of pyridine rings is 1. The van der Waals surface area contributed by atoms with Crippen molar-refractivity contribution >= 4 is 34.2 Å². The lowest BCUT2D eigenvalue weighted by Gasteiger charge is -1.93. The molecule has 0 fully saturated rings. The molecule has 4 heteroatoms. The fourth-order valence-electron chi connectivity index (χ4n) is 0.967. The predicted octanol–water partition coefficient (Wildman–Crippen LogP) is 3.90. The van der Waals surface area contributed by atoms with Crippen LogP contribution in [0, 0.1) is 0 Å². The highest BCUT2D eigenvalue weighted by molar-refractivity contribution is 6.37. The van der Waals surface area contributed by atoms with Crippen molar-refractivity contribution in [1.82, 2.24) is 9.97 Å². The summed E-state index contributed by atoms with van der Waals surface area (Å²) in [6.07, 6.45) is 1.78. The Labute approximate surface area is 86.9 Å². The molecule has 0 aliphatic carbocycles. The third kappa shape index (κ3) is 2.14. The molecule has 0 aromatic carbocycles. The average Bonchev–Trinajstić information content (AvgIpc) is 2.55. The quantitative estimate of drug-likeness (QED) is 0.666. The first-order chi connectivity index (χ1) is 6.27. The van der Waals surface area contributed by atoms with Crippen molar-refractivity contribution in [2.24, 2.45) is 0 Å². The molecule has 70 valence electrons. The van der Waals surface area contributed by atoms with E-state index in [1.54, 1.807) is 12.3 Å². The van der Waals surface area contributed by atoms with Crippen LogP contribution in [0.15, 0.2) is 18.3 Å². The number of hydrogen-bond acceptors (Lipinski definition) is 1. The summed E-state index contributed by atoms with van der Waals surface area (Å²) in [6, 6.07) is 3.49. The smallest absolute Gasteiger partial charge is 0.140 e. The summed E-state index contributed by atoms with van der Waals surface area (Å²) >= 11 is 11.5. The van der Waals surface area contributed by atoms with Gasteiger partial charge in [-0.15, -0.1) is 0 Å². The Kier molecular flexibility index (Phi) is 3.58. The van der Waals surface area contributed by atoms with E-state index >= 15 is 0 Å². The van der Waals surface area contributed by atoms with Gasteiger partial charge in [0.25, 0.3) is 0 Å². The van der Waals surface area contributed by atoms with Crippen LogP contribution < -0.4 is 0 Å². The number of halogens is 2. The summed E-state index contributed by atoms with van der Waals surface area (Å²) in [4.78, 5) is 6.94. The normalized spacial score (nSPS) is 9.54. The molecule has 0 aliphatic heterocycles. The zero-order chi connectivity index (χ0) is 9.84. The Bertz CT molecular complexity index is 395. The van der Waals surface area contributed by atoms with Gasteiger partial charge in [-0.2, -0.15) is 0 Å². The van der Waals surface area contributed by atoms with E-state index in [1.165, 1.54) is 0 Å². The molecule has 13 heavy (non-hydrogen) atoms. The van der Waals surface area contributed by atoms with Crippen LogP contribution in [0.5, 0.6) is 0 Å². The third-order valence-corrected chi connectivity index (χ3v) is 1.95. The Balaban J connectivity index is 0.000000396. The van der Waals surface area contributed by atoms with E-state index < -0.39 is 0 Å². The fourth-order valence-corrected chi connectivity index (χ4v) is 1.47. The minimum atomic E-state index is 0.407. The van der Waals surface area contributed by atoms with Crippen molar-refractivity contribution in [2.75, 3.05) is 0 Å². The Hall–Kier alpha value is -0.730. The molecule has 2 heterocycles. The van der Waals surface area contributed by atoms with E-state index in [-0.39, 0.29) is 0 Å². The molecule has 1 N–H and O–H groups in total. The Morgan fingerprint density at radius 1 is 1.31 bits per heavy atom. The van der Waals surface area contributed by atoms with Gasteiger partial charge in [-0.05, 0) is 12.1 Å². The van der Waals surface area contributed by atoms with Crippen molar-refractivity contribution in [3.63, 3.8) is 0 Å². The molecule has 2 nitrogen and oxygen atoms in total. The van der Waals surface area contributed by atoms with Gasteiger partial charge in [0.15, 0.2) is 0 Å². The molecule has 0 spiro atoms. The Morgan fingerprint density at radius 3 is 2.69 bits per heavy atom. The van der Waals surface area contributed by atoms with Crippen molar-refractivity contribution < 1.29 is 0 Å². The van der Waals surface area contributed by atoms with E-state index in [2.05, 4.69) is 9.97 Å². The number of aromatic amines is 1. The zero-order valence-corrected chi connectivity index (χ0v) is 8.95. The molecule has 2 aromatic heterocycles. The fraction of sp³-hybridized carbons (Fsp3) is 0.222. The van der Waals surface area contributed by atoms with Gasteiger partial charge in [0, 0.05) is 11.6 Å². The predicted molar refractivity (Wildman–Crippen MR) is 57.5 cm³/mol. The molecule has 0 atom stereocenters. The molecular weight excluding hydrogens is 207 g/mol. The molecular formula is C9H10Cl2N2. The van der Waals surface area contributed by atoms with E-state index in [1.807, 2.05) is 19.9 Å². The second kappa shape index (κ2) is 4.49. The monoisotopic (exact) mass is 216 g/mol. The summed E-state index contributed by atoms with van der Waals surface area (Å²) in [6.45, 7) is 4.00. The van der Waals surface area contributed by atoms with Crippen LogP contribution in [0.2, 0.25) is 10.2 Å². The van der Waals surface area contributed by atoms with Gasteiger partial charge in [0.05, 0.1) is 5.02 Å². The van der Waals surface area contributed by atoms with Gasteiger partial charge in [-0.3, -0.25) is 0 Å². The van der Waals surface area contributed by atoms with Gasteiger partial charge < -0.3 is 4.98 Å². The second-order valence-corrected chi connectivity index (χ2v) is 2.96. The number of nitrogens with zero attached hydrogens (tertiary/aromatic N) is 1. The molecule has 2 rings (SSSR count). The summed E-state index contributed by atoms with van der Waals surface area (Å²) in [7, 11) is 0. The van der Waals surface area contributed by atoms with Crippen molar-refractivity contribution in [2.45, 2.75) is 13.8 Å². The summed E-state index contributed by atoms with van der Waals surface area (Å²) in [5.41, 5.74) is 0.725. The maximum Gasteiger partial charge on any atom is 0.140 e. The Morgan fingerprint density at radius 2 is 2.00 bits per heavy atom. The van der Waals surface area contributed by atoms with Crippen LogP contribution in [-0.2, 0) is 0 Å². The van der Waals surface area contributed by atoms with Crippen LogP contribution in [0.1, 0.15) is 13.8 Å². The number of rotatable bonds is 0. The minimum absolute atomic E-state index is 0.407. The lowest BCUT2D eigenvalue weighted by atomic mass is 10.3. The van der Waals surface area contributed by atoms with E-state index in [9.17, 15) is 0 Å². The number of H-pyrrole nitrogens is 1. The standard InChI is InChI=1S/C7H4Cl2N2.C2H6/c8-5-3-6(9)11-7-4(5)1-2-10-7;1-2/h1-3H,(H,10,11);1-2H3. The van der Waals surface area contributed by atoms with Gasteiger partial charge in [-0.1, -0.05) is 37.0 Å². The van der Waals surface area contributed by atoms with E-state index in [0.717, 1.165) is 11.0 Å². The maximum atomic E-state index is 5.86. The molecule has 0 saturated heterocycles. The molecule has 0 saturated carbocycles. The lowest BCUT2D eigenvalue weighted by molar-refractivity contribution is 1.33. The maximum absolute atomic E-state index is 5.86. The number of hydrogen-bond donors (Lipinski definition) is 1.